The quantitative estimate of drug-likeness (QED) is 0.606. The smallest absolute Gasteiger partial charge is 0.400 e. The van der Waals surface area contributed by atoms with Gasteiger partial charge in [-0.3, -0.25) is 0 Å². The molecule has 1 fully saturated rings. The van der Waals surface area contributed by atoms with Gasteiger partial charge in [-0.2, -0.15) is 0 Å². The second-order valence-corrected chi connectivity index (χ2v) is 7.27. The lowest BCUT2D eigenvalue weighted by Crippen LogP contribution is -2.41. The molecule has 0 bridgehead atoms. The van der Waals surface area contributed by atoms with Crippen molar-refractivity contribution in [1.29, 1.82) is 0 Å². The van der Waals surface area contributed by atoms with E-state index < -0.39 is 13.4 Å². The lowest BCUT2D eigenvalue weighted by atomic mass is 9.76. The molecule has 1 saturated heterocycles. The van der Waals surface area contributed by atoms with Crippen LogP contribution in [-0.4, -0.2) is 46.1 Å². The largest absolute Gasteiger partial charge is 0.491 e. The zero-order chi connectivity index (χ0) is 18.7. The molecule has 0 unspecified atom stereocenters. The van der Waals surface area contributed by atoms with E-state index in [0.717, 1.165) is 16.6 Å². The Morgan fingerprint density at radius 1 is 1.12 bits per heavy atom. The van der Waals surface area contributed by atoms with E-state index in [9.17, 15) is 0 Å². The van der Waals surface area contributed by atoms with E-state index >= 15 is 0 Å². The van der Waals surface area contributed by atoms with E-state index in [4.69, 9.17) is 18.8 Å². The minimum Gasteiger partial charge on any atom is -0.400 e. The highest BCUT2D eigenvalue weighted by atomic mass is 16.7. The number of likely N-dealkylation sites (N-methyl/N-ethyl adjacent to an activating group) is 1. The van der Waals surface area contributed by atoms with Gasteiger partial charge < -0.3 is 24.1 Å². The van der Waals surface area contributed by atoms with E-state index in [0.29, 0.717) is 6.54 Å². The number of benzene rings is 1. The molecule has 1 N–H and O–H groups in total. The molecular weight excluding hydrogens is 317 g/mol. The van der Waals surface area contributed by atoms with Crippen LogP contribution in [0.15, 0.2) is 29.7 Å². The van der Waals surface area contributed by atoms with Gasteiger partial charge in [0, 0.05) is 26.3 Å². The highest BCUT2D eigenvalue weighted by molar-refractivity contribution is 6.55. The lowest BCUT2D eigenvalue weighted by Gasteiger charge is -2.32. The molecule has 25 heavy (non-hydrogen) atoms. The van der Waals surface area contributed by atoms with Crippen molar-refractivity contribution >= 4 is 13.2 Å². The first kappa shape index (κ1) is 20.1. The number of nitrogens with one attached hydrogen (secondary N) is 1. The first-order valence-electron chi connectivity index (χ1n) is 8.61. The van der Waals surface area contributed by atoms with Crippen molar-refractivity contribution in [3.05, 3.63) is 40.9 Å². The fraction of sp³-hybridized carbons (Fsp3) is 0.579. The van der Waals surface area contributed by atoms with Crippen LogP contribution in [0.1, 0.15) is 45.1 Å². The van der Waals surface area contributed by atoms with Crippen molar-refractivity contribution in [2.24, 2.45) is 0 Å². The van der Waals surface area contributed by atoms with Crippen molar-refractivity contribution in [2.45, 2.75) is 45.2 Å². The summed E-state index contributed by atoms with van der Waals surface area (Å²) in [6.45, 7) is 8.90. The van der Waals surface area contributed by atoms with Crippen LogP contribution in [-0.2, 0) is 18.8 Å². The van der Waals surface area contributed by atoms with Crippen LogP contribution in [0.2, 0.25) is 0 Å². The summed E-state index contributed by atoms with van der Waals surface area (Å²) in [6, 6.07) is 8.02. The minimum atomic E-state index is -0.415. The normalized spacial score (nSPS) is 19.7. The first-order valence-corrected chi connectivity index (χ1v) is 8.61. The predicted octanol–water partition coefficient (Wildman–Crippen LogP) is 3.21. The number of hydrogen-bond donors (Lipinski definition) is 1. The molecule has 5 nitrogen and oxygen atoms in total. The lowest BCUT2D eigenvalue weighted by molar-refractivity contribution is -0.106. The molecule has 6 heteroatoms. The van der Waals surface area contributed by atoms with Crippen molar-refractivity contribution in [3.8, 4) is 0 Å². The number of rotatable bonds is 7. The summed E-state index contributed by atoms with van der Waals surface area (Å²) in [5.41, 5.74) is 2.28. The Bertz CT molecular complexity index is 595. The SMILES string of the molecule is CNCC(=Cc1ccccc1C(OC)OC)B1OC(C)(C)C(C)(C)O1. The van der Waals surface area contributed by atoms with Crippen molar-refractivity contribution in [1.82, 2.24) is 5.32 Å². The van der Waals surface area contributed by atoms with Gasteiger partial charge >= 0.3 is 7.12 Å². The van der Waals surface area contributed by atoms with Gasteiger partial charge in [-0.15, -0.1) is 0 Å². The summed E-state index contributed by atoms with van der Waals surface area (Å²) in [4.78, 5) is 0. The highest BCUT2D eigenvalue weighted by Crippen LogP contribution is 2.39. The maximum absolute atomic E-state index is 6.21. The molecule has 0 saturated carbocycles. The fourth-order valence-electron chi connectivity index (χ4n) is 2.81. The Kier molecular flexibility index (Phi) is 6.46. The van der Waals surface area contributed by atoms with Crippen molar-refractivity contribution < 1.29 is 18.8 Å². The molecule has 1 heterocycles. The average molecular weight is 347 g/mol. The van der Waals surface area contributed by atoms with Gasteiger partial charge in [-0.25, -0.2) is 0 Å². The van der Waals surface area contributed by atoms with Gasteiger partial charge in [0.1, 0.15) is 0 Å². The summed E-state index contributed by atoms with van der Waals surface area (Å²) >= 11 is 0. The van der Waals surface area contributed by atoms with Crippen LogP contribution in [0.4, 0.5) is 0 Å². The molecule has 0 aliphatic carbocycles. The summed E-state index contributed by atoms with van der Waals surface area (Å²) in [5, 5.41) is 3.21. The molecule has 1 aliphatic rings. The van der Waals surface area contributed by atoms with E-state index in [2.05, 4.69) is 39.1 Å². The summed E-state index contributed by atoms with van der Waals surface area (Å²) < 4.78 is 23.3. The summed E-state index contributed by atoms with van der Waals surface area (Å²) in [5.74, 6) is 0. The molecule has 1 aliphatic heterocycles. The molecule has 0 atom stereocenters. The molecule has 138 valence electrons. The van der Waals surface area contributed by atoms with Gasteiger partial charge in [-0.05, 0) is 45.8 Å². The highest BCUT2D eigenvalue weighted by Gasteiger charge is 2.52. The van der Waals surface area contributed by atoms with Gasteiger partial charge in [0.2, 0.25) is 0 Å². The van der Waals surface area contributed by atoms with Crippen LogP contribution in [0.5, 0.6) is 0 Å². The topological polar surface area (TPSA) is 49.0 Å². The van der Waals surface area contributed by atoms with Crippen LogP contribution in [0.25, 0.3) is 6.08 Å². The Balaban J connectivity index is 2.39. The van der Waals surface area contributed by atoms with Gasteiger partial charge in [-0.1, -0.05) is 30.3 Å². The number of hydrogen-bond acceptors (Lipinski definition) is 5. The zero-order valence-corrected chi connectivity index (χ0v) is 16.4. The molecule has 1 aromatic carbocycles. The Morgan fingerprint density at radius 2 is 1.68 bits per heavy atom. The molecule has 0 spiro atoms. The first-order chi connectivity index (χ1) is 11.8. The Hall–Kier alpha value is -1.18. The van der Waals surface area contributed by atoms with E-state index in [1.165, 1.54) is 0 Å². The standard InChI is InChI=1S/C19H30BNO4/c1-18(2)19(3,4)25-20(24-18)15(13-21-5)12-14-10-8-9-11-16(14)17(22-6)23-7/h8-12,17,21H,13H2,1-7H3. The van der Waals surface area contributed by atoms with Crippen LogP contribution in [0, 0.1) is 0 Å². The monoisotopic (exact) mass is 347 g/mol. The molecule has 0 aromatic heterocycles. The maximum atomic E-state index is 6.21. The number of methoxy groups -OCH3 is 2. The van der Waals surface area contributed by atoms with Gasteiger partial charge in [0.05, 0.1) is 11.2 Å². The number of ether oxygens (including phenoxy) is 2. The minimum absolute atomic E-state index is 0.369. The average Bonchev–Trinajstić information content (AvgIpc) is 2.77. The maximum Gasteiger partial charge on any atom is 0.491 e. The molecule has 1 aromatic rings. The molecule has 0 radical (unpaired) electrons. The van der Waals surface area contributed by atoms with Gasteiger partial charge in [0.25, 0.3) is 0 Å². The Labute approximate surface area is 151 Å². The third-order valence-electron chi connectivity index (χ3n) is 4.96. The third-order valence-corrected chi connectivity index (χ3v) is 4.96. The summed E-state index contributed by atoms with van der Waals surface area (Å²) in [7, 11) is 4.79. The predicted molar refractivity (Wildman–Crippen MR) is 101 cm³/mol. The third kappa shape index (κ3) is 4.33. The second kappa shape index (κ2) is 8.02. The van der Waals surface area contributed by atoms with Crippen LogP contribution < -0.4 is 5.32 Å². The van der Waals surface area contributed by atoms with Gasteiger partial charge in [0.15, 0.2) is 6.29 Å². The van der Waals surface area contributed by atoms with Crippen LogP contribution >= 0.6 is 0 Å². The van der Waals surface area contributed by atoms with E-state index in [-0.39, 0.29) is 11.2 Å². The van der Waals surface area contributed by atoms with Crippen molar-refractivity contribution in [2.75, 3.05) is 27.8 Å². The Morgan fingerprint density at radius 3 is 2.20 bits per heavy atom. The molecule has 0 amide bonds. The zero-order valence-electron chi connectivity index (χ0n) is 16.4. The molecule has 2 rings (SSSR count). The second-order valence-electron chi connectivity index (χ2n) is 7.27. The van der Waals surface area contributed by atoms with E-state index in [1.54, 1.807) is 14.2 Å². The molecular formula is C19H30BNO4. The summed E-state index contributed by atoms with van der Waals surface area (Å²) in [6.07, 6.45) is 1.68. The van der Waals surface area contributed by atoms with Crippen molar-refractivity contribution in [3.63, 3.8) is 0 Å². The van der Waals surface area contributed by atoms with Crippen LogP contribution in [0.3, 0.4) is 0 Å². The fourth-order valence-corrected chi connectivity index (χ4v) is 2.81. The van der Waals surface area contributed by atoms with E-state index in [1.807, 2.05) is 31.3 Å².